The molecule has 16 heavy (non-hydrogen) atoms. The first-order chi connectivity index (χ1) is 7.47. The minimum absolute atomic E-state index is 0.0613. The van der Waals surface area contributed by atoms with Crippen LogP contribution in [0.15, 0.2) is 0 Å². The summed E-state index contributed by atoms with van der Waals surface area (Å²) < 4.78 is 5.72. The van der Waals surface area contributed by atoms with Crippen molar-refractivity contribution in [2.45, 2.75) is 70.6 Å². The summed E-state index contributed by atoms with van der Waals surface area (Å²) in [5.74, 6) is 0. The largest absolute Gasteiger partial charge is 0.389 e. The molecule has 0 aromatic rings. The van der Waals surface area contributed by atoms with E-state index in [0.29, 0.717) is 19.3 Å². The number of nitrogens with one attached hydrogen (secondary N) is 1. The number of aliphatic hydroxyl groups is 1. The SMILES string of the molecule is CC(C)(C)NCC(O)COC1CCCCC1. The number of ether oxygens (including phenoxy) is 1. The third-order valence-corrected chi connectivity index (χ3v) is 2.94. The normalized spacial score (nSPS) is 21.0. The molecule has 0 aliphatic heterocycles. The molecule has 1 rings (SSSR count). The van der Waals surface area contributed by atoms with Gasteiger partial charge in [0.05, 0.1) is 18.8 Å². The van der Waals surface area contributed by atoms with E-state index in [1.165, 1.54) is 32.1 Å². The number of hydrogen-bond donors (Lipinski definition) is 2. The first-order valence-electron chi connectivity index (χ1n) is 6.52. The Bertz CT molecular complexity index is 183. The van der Waals surface area contributed by atoms with Crippen LogP contribution >= 0.6 is 0 Å². The van der Waals surface area contributed by atoms with Crippen molar-refractivity contribution in [3.63, 3.8) is 0 Å². The molecule has 0 saturated heterocycles. The molecule has 1 saturated carbocycles. The Kier molecular flexibility index (Phi) is 5.73. The second-order valence-corrected chi connectivity index (χ2v) is 5.88. The van der Waals surface area contributed by atoms with Crippen LogP contribution in [0.25, 0.3) is 0 Å². The van der Waals surface area contributed by atoms with Crippen LogP contribution in [0.5, 0.6) is 0 Å². The first kappa shape index (κ1) is 13.9. The van der Waals surface area contributed by atoms with Gasteiger partial charge in [-0.05, 0) is 33.6 Å². The fraction of sp³-hybridized carbons (Fsp3) is 1.00. The Morgan fingerprint density at radius 1 is 1.25 bits per heavy atom. The highest BCUT2D eigenvalue weighted by Crippen LogP contribution is 2.20. The molecule has 1 unspecified atom stereocenters. The van der Waals surface area contributed by atoms with E-state index in [4.69, 9.17) is 4.74 Å². The summed E-state index contributed by atoms with van der Waals surface area (Å²) in [6.45, 7) is 7.37. The molecule has 0 aromatic carbocycles. The zero-order chi connectivity index (χ0) is 12.0. The fourth-order valence-corrected chi connectivity index (χ4v) is 1.96. The summed E-state index contributed by atoms with van der Waals surface area (Å²) in [6.07, 6.45) is 6.23. The van der Waals surface area contributed by atoms with Gasteiger partial charge in [-0.1, -0.05) is 19.3 Å². The molecule has 3 heteroatoms. The lowest BCUT2D eigenvalue weighted by molar-refractivity contribution is -0.0243. The zero-order valence-electron chi connectivity index (χ0n) is 11.0. The molecule has 0 spiro atoms. The van der Waals surface area contributed by atoms with Crippen molar-refractivity contribution in [2.75, 3.05) is 13.2 Å². The third kappa shape index (κ3) is 6.46. The van der Waals surface area contributed by atoms with E-state index in [2.05, 4.69) is 26.1 Å². The predicted octanol–water partition coefficient (Wildman–Crippen LogP) is 2.08. The van der Waals surface area contributed by atoms with Gasteiger partial charge in [-0.25, -0.2) is 0 Å². The van der Waals surface area contributed by atoms with Crippen molar-refractivity contribution in [2.24, 2.45) is 0 Å². The van der Waals surface area contributed by atoms with Gasteiger partial charge >= 0.3 is 0 Å². The standard InChI is InChI=1S/C13H27NO2/c1-13(2,3)14-9-11(15)10-16-12-7-5-4-6-8-12/h11-12,14-15H,4-10H2,1-3H3. The topological polar surface area (TPSA) is 41.5 Å². The molecular formula is C13H27NO2. The van der Waals surface area contributed by atoms with Crippen molar-refractivity contribution < 1.29 is 9.84 Å². The Balaban J connectivity index is 2.07. The van der Waals surface area contributed by atoms with Gasteiger partial charge in [-0.15, -0.1) is 0 Å². The second kappa shape index (κ2) is 6.58. The minimum atomic E-state index is -0.388. The molecule has 0 aromatic heterocycles. The van der Waals surface area contributed by atoms with E-state index in [-0.39, 0.29) is 11.6 Å². The third-order valence-electron chi connectivity index (χ3n) is 2.94. The maximum Gasteiger partial charge on any atom is 0.0898 e. The van der Waals surface area contributed by atoms with E-state index in [1.807, 2.05) is 0 Å². The molecule has 0 heterocycles. The lowest BCUT2D eigenvalue weighted by Gasteiger charge is -2.26. The molecule has 1 fully saturated rings. The summed E-state index contributed by atoms with van der Waals surface area (Å²) in [6, 6.07) is 0. The zero-order valence-corrected chi connectivity index (χ0v) is 11.0. The van der Waals surface area contributed by atoms with E-state index < -0.39 is 0 Å². The summed E-state index contributed by atoms with van der Waals surface area (Å²) in [5, 5.41) is 13.0. The predicted molar refractivity (Wildman–Crippen MR) is 66.6 cm³/mol. The average Bonchev–Trinajstić information content (AvgIpc) is 2.24. The van der Waals surface area contributed by atoms with Crippen LogP contribution in [-0.2, 0) is 4.74 Å². The van der Waals surface area contributed by atoms with Gasteiger partial charge < -0.3 is 15.2 Å². The van der Waals surface area contributed by atoms with Crippen molar-refractivity contribution >= 4 is 0 Å². The number of aliphatic hydroxyl groups excluding tert-OH is 1. The Morgan fingerprint density at radius 2 is 1.88 bits per heavy atom. The minimum Gasteiger partial charge on any atom is -0.389 e. The highest BCUT2D eigenvalue weighted by molar-refractivity contribution is 4.73. The average molecular weight is 229 g/mol. The van der Waals surface area contributed by atoms with E-state index in [9.17, 15) is 5.11 Å². The Labute approximate surface area is 99.6 Å². The molecule has 2 N–H and O–H groups in total. The number of rotatable bonds is 5. The van der Waals surface area contributed by atoms with E-state index >= 15 is 0 Å². The molecule has 96 valence electrons. The van der Waals surface area contributed by atoms with Crippen molar-refractivity contribution in [3.05, 3.63) is 0 Å². The molecule has 1 aliphatic rings. The lowest BCUT2D eigenvalue weighted by atomic mass is 9.98. The van der Waals surface area contributed by atoms with Gasteiger partial charge in [0.2, 0.25) is 0 Å². The molecule has 0 amide bonds. The fourth-order valence-electron chi connectivity index (χ4n) is 1.96. The molecular weight excluding hydrogens is 202 g/mol. The van der Waals surface area contributed by atoms with Gasteiger partial charge in [0.15, 0.2) is 0 Å². The van der Waals surface area contributed by atoms with Crippen LogP contribution < -0.4 is 5.32 Å². The van der Waals surface area contributed by atoms with Crippen LogP contribution in [0.1, 0.15) is 52.9 Å². The Hall–Kier alpha value is -0.120. The van der Waals surface area contributed by atoms with Gasteiger partial charge in [0.1, 0.15) is 0 Å². The molecule has 1 aliphatic carbocycles. The summed E-state index contributed by atoms with van der Waals surface area (Å²) in [7, 11) is 0. The number of hydrogen-bond acceptors (Lipinski definition) is 3. The smallest absolute Gasteiger partial charge is 0.0898 e. The summed E-state index contributed by atoms with van der Waals surface area (Å²) >= 11 is 0. The maximum atomic E-state index is 9.76. The van der Waals surface area contributed by atoms with Crippen LogP contribution in [0, 0.1) is 0 Å². The van der Waals surface area contributed by atoms with E-state index in [1.54, 1.807) is 0 Å². The monoisotopic (exact) mass is 229 g/mol. The van der Waals surface area contributed by atoms with Crippen molar-refractivity contribution in [1.82, 2.24) is 5.32 Å². The van der Waals surface area contributed by atoms with E-state index in [0.717, 1.165) is 0 Å². The molecule has 3 nitrogen and oxygen atoms in total. The van der Waals surface area contributed by atoms with Crippen LogP contribution in [-0.4, -0.2) is 36.0 Å². The van der Waals surface area contributed by atoms with Crippen LogP contribution in [0.2, 0.25) is 0 Å². The molecule has 0 radical (unpaired) electrons. The van der Waals surface area contributed by atoms with Crippen LogP contribution in [0.4, 0.5) is 0 Å². The summed E-state index contributed by atoms with van der Waals surface area (Å²) in [5.41, 5.74) is 0.0613. The highest BCUT2D eigenvalue weighted by Gasteiger charge is 2.16. The summed E-state index contributed by atoms with van der Waals surface area (Å²) in [4.78, 5) is 0. The number of β-amino-alcohol motifs (C(OH)–C–C–N with tert-alkyl or cyclic N) is 1. The second-order valence-electron chi connectivity index (χ2n) is 5.88. The highest BCUT2D eigenvalue weighted by atomic mass is 16.5. The van der Waals surface area contributed by atoms with Gasteiger partial charge in [-0.3, -0.25) is 0 Å². The lowest BCUT2D eigenvalue weighted by Crippen LogP contribution is -2.42. The Morgan fingerprint density at radius 3 is 2.44 bits per heavy atom. The van der Waals surface area contributed by atoms with Crippen molar-refractivity contribution in [1.29, 1.82) is 0 Å². The first-order valence-corrected chi connectivity index (χ1v) is 6.52. The maximum absolute atomic E-state index is 9.76. The molecule has 1 atom stereocenters. The quantitative estimate of drug-likeness (QED) is 0.758. The van der Waals surface area contributed by atoms with Gasteiger partial charge in [-0.2, -0.15) is 0 Å². The molecule has 0 bridgehead atoms. The van der Waals surface area contributed by atoms with Gasteiger partial charge in [0, 0.05) is 12.1 Å². The van der Waals surface area contributed by atoms with Gasteiger partial charge in [0.25, 0.3) is 0 Å². The van der Waals surface area contributed by atoms with Crippen LogP contribution in [0.3, 0.4) is 0 Å². The van der Waals surface area contributed by atoms with Crippen molar-refractivity contribution in [3.8, 4) is 0 Å².